The number of carboxylic acids is 3. The van der Waals surface area contributed by atoms with Crippen LogP contribution in [-0.4, -0.2) is 38.8 Å². The summed E-state index contributed by atoms with van der Waals surface area (Å²) in [7, 11) is 0. The van der Waals surface area contributed by atoms with Crippen molar-refractivity contribution in [2.75, 3.05) is 0 Å². The largest absolute Gasteiger partial charge is 1.00 e. The third kappa shape index (κ3) is 10.6. The number of carboxylic acid groups (broad SMARTS) is 3. The Bertz CT molecular complexity index is 241. The summed E-state index contributed by atoms with van der Waals surface area (Å²) in [5.41, 5.74) is -2.85. The molecule has 0 spiro atoms. The zero-order chi connectivity index (χ0) is 10.6. The van der Waals surface area contributed by atoms with Crippen molar-refractivity contribution < 1.29 is 131 Å². The minimum Gasteiger partial charge on any atom is -0.547 e. The van der Waals surface area contributed by atoms with E-state index in [9.17, 15) is 19.5 Å². The van der Waals surface area contributed by atoms with Gasteiger partial charge in [-0.25, -0.2) is 0 Å². The Morgan fingerprint density at radius 2 is 1.25 bits per heavy atom. The van der Waals surface area contributed by atoms with Crippen LogP contribution in [0, 0.1) is 0 Å². The molecular formula is C6H7Au2KO7. The van der Waals surface area contributed by atoms with Gasteiger partial charge in [-0.3, -0.25) is 9.59 Å². The first-order valence-corrected chi connectivity index (χ1v) is 3.15. The number of aliphatic hydroxyl groups is 1. The predicted molar refractivity (Wildman–Crippen MR) is 34.5 cm³/mol. The molecule has 0 aliphatic heterocycles. The minimum absolute atomic E-state index is 0. The SMILES string of the molecule is O=C(O)CC(O)(CC(=O)O)C(=O)[O-].[Au].[Au].[K+]. The molecule has 0 aliphatic carbocycles. The Kier molecular flexibility index (Phi) is 18.9. The van der Waals surface area contributed by atoms with Crippen LogP contribution in [0.2, 0.25) is 0 Å². The summed E-state index contributed by atoms with van der Waals surface area (Å²) in [4.78, 5) is 30.3. The molecule has 0 aromatic carbocycles. The molecule has 0 aromatic heterocycles. The van der Waals surface area contributed by atoms with Crippen LogP contribution >= 0.6 is 0 Å². The number of rotatable bonds is 5. The van der Waals surface area contributed by atoms with E-state index in [-0.39, 0.29) is 96.1 Å². The molecule has 0 amide bonds. The van der Waals surface area contributed by atoms with Gasteiger partial charge in [0.1, 0.15) is 5.60 Å². The van der Waals surface area contributed by atoms with Crippen LogP contribution < -0.4 is 56.5 Å². The molecule has 96 valence electrons. The molecule has 0 saturated heterocycles. The normalized spacial score (nSPS) is 8.81. The maximum Gasteiger partial charge on any atom is 1.00 e. The summed E-state index contributed by atoms with van der Waals surface area (Å²) in [6, 6.07) is 0. The maximum atomic E-state index is 10.2. The fourth-order valence-corrected chi connectivity index (χ4v) is 0.707. The fraction of sp³-hybridized carbons (Fsp3) is 0.500. The van der Waals surface area contributed by atoms with Gasteiger partial charge in [-0.05, 0) is 0 Å². The Balaban J connectivity index is -0.000000240. The average Bonchev–Trinajstić information content (AvgIpc) is 1.82. The summed E-state index contributed by atoms with van der Waals surface area (Å²) in [5, 5.41) is 35.5. The molecule has 0 aromatic rings. The van der Waals surface area contributed by atoms with Crippen molar-refractivity contribution in [3.05, 3.63) is 0 Å². The van der Waals surface area contributed by atoms with Gasteiger partial charge in [0, 0.05) is 44.8 Å². The van der Waals surface area contributed by atoms with E-state index in [1.54, 1.807) is 0 Å². The first-order chi connectivity index (χ1) is 5.78. The second kappa shape index (κ2) is 11.6. The van der Waals surface area contributed by atoms with Gasteiger partial charge in [0.2, 0.25) is 0 Å². The summed E-state index contributed by atoms with van der Waals surface area (Å²) in [6.07, 6.45) is -2.41. The molecule has 0 unspecified atom stereocenters. The van der Waals surface area contributed by atoms with E-state index in [1.165, 1.54) is 0 Å². The molecule has 2 radical (unpaired) electrons. The second-order valence-corrected chi connectivity index (χ2v) is 2.46. The zero-order valence-electron chi connectivity index (χ0n) is 7.99. The molecule has 0 heterocycles. The number of aliphatic carboxylic acids is 3. The van der Waals surface area contributed by atoms with Crippen LogP contribution in [0.3, 0.4) is 0 Å². The van der Waals surface area contributed by atoms with E-state index in [1.807, 2.05) is 0 Å². The second-order valence-electron chi connectivity index (χ2n) is 2.46. The monoisotopic (exact) mass is 624 g/mol. The smallest absolute Gasteiger partial charge is 0.547 e. The number of hydrogen-bond acceptors (Lipinski definition) is 5. The van der Waals surface area contributed by atoms with Crippen LogP contribution in [0.5, 0.6) is 0 Å². The van der Waals surface area contributed by atoms with Gasteiger partial charge < -0.3 is 25.2 Å². The standard InChI is InChI=1S/C6H8O7.2Au.K/c7-3(8)1-6(13,5(11)12)2-4(9)10;;;/h13H,1-2H2,(H,7,8)(H,9,10)(H,11,12);;;/q;;;+1/p-1. The molecule has 0 rings (SSSR count). The van der Waals surface area contributed by atoms with Crippen LogP contribution in [-0.2, 0) is 59.1 Å². The van der Waals surface area contributed by atoms with E-state index in [2.05, 4.69) is 0 Å². The Labute approximate surface area is 164 Å². The summed E-state index contributed by atoms with van der Waals surface area (Å²) in [5.74, 6) is -5.35. The van der Waals surface area contributed by atoms with Crippen molar-refractivity contribution in [2.45, 2.75) is 18.4 Å². The Morgan fingerprint density at radius 3 is 1.38 bits per heavy atom. The first kappa shape index (κ1) is 26.1. The van der Waals surface area contributed by atoms with Gasteiger partial charge in [-0.2, -0.15) is 0 Å². The van der Waals surface area contributed by atoms with Crippen LogP contribution in [0.4, 0.5) is 0 Å². The van der Waals surface area contributed by atoms with Gasteiger partial charge in [0.15, 0.2) is 0 Å². The average molecular weight is 624 g/mol. The number of hydrogen-bond donors (Lipinski definition) is 3. The third-order valence-corrected chi connectivity index (χ3v) is 1.27. The summed E-state index contributed by atoms with van der Waals surface area (Å²) < 4.78 is 0. The molecule has 7 nitrogen and oxygen atoms in total. The van der Waals surface area contributed by atoms with E-state index in [0.717, 1.165) is 0 Å². The van der Waals surface area contributed by atoms with E-state index < -0.39 is 36.4 Å². The summed E-state index contributed by atoms with van der Waals surface area (Å²) >= 11 is 0. The van der Waals surface area contributed by atoms with Crippen LogP contribution in [0.15, 0.2) is 0 Å². The molecule has 3 N–H and O–H groups in total. The molecule has 0 fully saturated rings. The topological polar surface area (TPSA) is 135 Å². The van der Waals surface area contributed by atoms with E-state index in [0.29, 0.717) is 0 Å². The van der Waals surface area contributed by atoms with Crippen molar-refractivity contribution in [2.24, 2.45) is 0 Å². The van der Waals surface area contributed by atoms with Gasteiger partial charge >= 0.3 is 63.3 Å². The van der Waals surface area contributed by atoms with Crippen molar-refractivity contribution in [3.63, 3.8) is 0 Å². The molecular weight excluding hydrogens is 617 g/mol. The number of carbonyl (C=O) groups is 3. The van der Waals surface area contributed by atoms with Crippen LogP contribution in [0.25, 0.3) is 0 Å². The Hall–Kier alpha value is 1.49. The molecule has 16 heavy (non-hydrogen) atoms. The molecule has 0 bridgehead atoms. The fourth-order valence-electron chi connectivity index (χ4n) is 0.707. The van der Waals surface area contributed by atoms with E-state index >= 15 is 0 Å². The maximum absolute atomic E-state index is 10.2. The number of carbonyl (C=O) groups excluding carboxylic acids is 1. The van der Waals surface area contributed by atoms with Crippen molar-refractivity contribution in [1.29, 1.82) is 0 Å². The third-order valence-electron chi connectivity index (χ3n) is 1.27. The van der Waals surface area contributed by atoms with Crippen molar-refractivity contribution in [1.82, 2.24) is 0 Å². The van der Waals surface area contributed by atoms with E-state index in [4.69, 9.17) is 15.3 Å². The van der Waals surface area contributed by atoms with Gasteiger partial charge in [0.05, 0.1) is 18.8 Å². The van der Waals surface area contributed by atoms with Gasteiger partial charge in [0.25, 0.3) is 0 Å². The summed E-state index contributed by atoms with van der Waals surface area (Å²) in [6.45, 7) is 0. The molecule has 0 saturated carbocycles. The van der Waals surface area contributed by atoms with Crippen LogP contribution in [0.1, 0.15) is 12.8 Å². The molecule has 0 aliphatic rings. The van der Waals surface area contributed by atoms with Gasteiger partial charge in [-0.1, -0.05) is 0 Å². The van der Waals surface area contributed by atoms with Crippen molar-refractivity contribution in [3.8, 4) is 0 Å². The minimum atomic E-state index is -2.85. The molecule has 0 atom stereocenters. The van der Waals surface area contributed by atoms with Crippen molar-refractivity contribution >= 4 is 17.9 Å². The zero-order valence-corrected chi connectivity index (χ0v) is 15.4. The van der Waals surface area contributed by atoms with Gasteiger partial charge in [-0.15, -0.1) is 0 Å². The predicted octanol–water partition coefficient (Wildman–Crippen LogP) is -5.58. The molecule has 10 heteroatoms. The first-order valence-electron chi connectivity index (χ1n) is 3.15. The Morgan fingerprint density at radius 1 is 1.00 bits per heavy atom. The quantitative estimate of drug-likeness (QED) is 0.260.